The highest BCUT2D eigenvalue weighted by Crippen LogP contribution is 2.23. The Bertz CT molecular complexity index is 890. The highest BCUT2D eigenvalue weighted by Gasteiger charge is 2.19. The van der Waals surface area contributed by atoms with Gasteiger partial charge in [-0.1, -0.05) is 71.9 Å². The number of nitrogens with one attached hydrogen (secondary N) is 1. The topological polar surface area (TPSA) is 59.8 Å². The Hall–Kier alpha value is -2.60. The number of aryl methyl sites for hydroxylation is 2. The second kappa shape index (κ2) is 8.86. The summed E-state index contributed by atoms with van der Waals surface area (Å²) in [5.41, 5.74) is 3.48. The van der Waals surface area contributed by atoms with Crippen molar-refractivity contribution in [1.82, 2.24) is 20.1 Å². The molecule has 2 aromatic carbocycles. The van der Waals surface area contributed by atoms with E-state index < -0.39 is 0 Å². The van der Waals surface area contributed by atoms with Crippen LogP contribution >= 0.6 is 11.8 Å². The molecule has 140 valence electrons. The fourth-order valence-electron chi connectivity index (χ4n) is 2.65. The van der Waals surface area contributed by atoms with Crippen molar-refractivity contribution < 1.29 is 4.79 Å². The molecule has 3 aromatic rings. The first-order valence-corrected chi connectivity index (χ1v) is 9.84. The number of rotatable bonds is 7. The lowest BCUT2D eigenvalue weighted by Gasteiger charge is -2.13. The van der Waals surface area contributed by atoms with Gasteiger partial charge in [0.15, 0.2) is 5.16 Å². The third-order valence-electron chi connectivity index (χ3n) is 4.32. The molecule has 27 heavy (non-hydrogen) atoms. The molecule has 0 aliphatic heterocycles. The molecule has 0 saturated carbocycles. The fourth-order valence-corrected chi connectivity index (χ4v) is 3.57. The van der Waals surface area contributed by atoms with Gasteiger partial charge in [0.1, 0.15) is 5.82 Å². The summed E-state index contributed by atoms with van der Waals surface area (Å²) in [6.07, 6.45) is 0. The molecule has 0 aliphatic carbocycles. The summed E-state index contributed by atoms with van der Waals surface area (Å²) < 4.78 is 2.05. The van der Waals surface area contributed by atoms with Crippen LogP contribution in [0.5, 0.6) is 0 Å². The minimum Gasteiger partial charge on any atom is -0.351 e. The van der Waals surface area contributed by atoms with Gasteiger partial charge in [-0.05, 0) is 31.9 Å². The smallest absolute Gasteiger partial charge is 0.233 e. The van der Waals surface area contributed by atoms with Crippen molar-refractivity contribution in [2.24, 2.45) is 0 Å². The quantitative estimate of drug-likeness (QED) is 0.635. The highest BCUT2D eigenvalue weighted by molar-refractivity contribution is 8.00. The number of benzene rings is 2. The Morgan fingerprint density at radius 1 is 1.04 bits per heavy atom. The highest BCUT2D eigenvalue weighted by atomic mass is 32.2. The minimum absolute atomic E-state index is 0.00695. The number of amides is 1. The molecule has 0 fully saturated rings. The fraction of sp³-hybridized carbons (Fsp3) is 0.286. The Morgan fingerprint density at radius 3 is 2.44 bits per heavy atom. The number of hydrogen-bond acceptors (Lipinski definition) is 4. The minimum atomic E-state index is -0.256. The molecule has 0 spiro atoms. The van der Waals surface area contributed by atoms with Gasteiger partial charge in [0.25, 0.3) is 0 Å². The van der Waals surface area contributed by atoms with Gasteiger partial charge in [-0.15, -0.1) is 10.2 Å². The van der Waals surface area contributed by atoms with Gasteiger partial charge in [0, 0.05) is 6.54 Å². The monoisotopic (exact) mass is 380 g/mol. The maximum atomic E-state index is 12.5. The van der Waals surface area contributed by atoms with E-state index in [1.165, 1.54) is 22.9 Å². The van der Waals surface area contributed by atoms with Crippen molar-refractivity contribution in [2.45, 2.75) is 44.3 Å². The molecule has 0 bridgehead atoms. The molecule has 6 heteroatoms. The van der Waals surface area contributed by atoms with Crippen LogP contribution in [0.3, 0.4) is 0 Å². The molecule has 1 aromatic heterocycles. The normalized spacial score (nSPS) is 12.0. The predicted molar refractivity (Wildman–Crippen MR) is 109 cm³/mol. The zero-order valence-electron chi connectivity index (χ0n) is 15.8. The van der Waals surface area contributed by atoms with Crippen LogP contribution in [0.25, 0.3) is 0 Å². The summed E-state index contributed by atoms with van der Waals surface area (Å²) in [6.45, 7) is 7.10. The number of nitrogens with zero attached hydrogens (tertiary/aromatic N) is 3. The van der Waals surface area contributed by atoms with Crippen LogP contribution in [0, 0.1) is 13.8 Å². The first kappa shape index (κ1) is 19.2. The molecule has 0 saturated heterocycles. The number of aromatic nitrogens is 3. The third-order valence-corrected chi connectivity index (χ3v) is 5.40. The van der Waals surface area contributed by atoms with Crippen molar-refractivity contribution in [3.05, 3.63) is 77.1 Å². The van der Waals surface area contributed by atoms with E-state index in [-0.39, 0.29) is 11.2 Å². The lowest BCUT2D eigenvalue weighted by molar-refractivity contribution is -0.120. The molecule has 0 radical (unpaired) electrons. The SMILES string of the molecule is Cc1ccc(CNC(=O)[C@@H](C)Sc2nnc(C)n2Cc2ccccc2)cc1. The molecule has 3 rings (SSSR count). The van der Waals surface area contributed by atoms with Crippen LogP contribution in [0.15, 0.2) is 59.8 Å². The Morgan fingerprint density at radius 2 is 1.74 bits per heavy atom. The van der Waals surface area contributed by atoms with Crippen LogP contribution in [-0.2, 0) is 17.9 Å². The number of carbonyl (C=O) groups is 1. The van der Waals surface area contributed by atoms with E-state index in [9.17, 15) is 4.79 Å². The average molecular weight is 381 g/mol. The van der Waals surface area contributed by atoms with Crippen LogP contribution in [0.1, 0.15) is 29.4 Å². The summed E-state index contributed by atoms with van der Waals surface area (Å²) in [5, 5.41) is 11.9. The van der Waals surface area contributed by atoms with Gasteiger partial charge in [-0.25, -0.2) is 0 Å². The van der Waals surface area contributed by atoms with Crippen LogP contribution in [0.4, 0.5) is 0 Å². The van der Waals surface area contributed by atoms with Gasteiger partial charge in [0.2, 0.25) is 5.91 Å². The second-order valence-electron chi connectivity index (χ2n) is 6.57. The van der Waals surface area contributed by atoms with Gasteiger partial charge in [-0.3, -0.25) is 4.79 Å². The summed E-state index contributed by atoms with van der Waals surface area (Å²) in [4.78, 5) is 12.5. The first-order valence-electron chi connectivity index (χ1n) is 8.96. The number of carbonyl (C=O) groups excluding carboxylic acids is 1. The number of hydrogen-bond donors (Lipinski definition) is 1. The summed E-state index contributed by atoms with van der Waals surface area (Å²) >= 11 is 1.43. The van der Waals surface area contributed by atoms with Crippen LogP contribution < -0.4 is 5.32 Å². The average Bonchev–Trinajstić information content (AvgIpc) is 3.01. The van der Waals surface area contributed by atoms with E-state index in [4.69, 9.17) is 0 Å². The first-order chi connectivity index (χ1) is 13.0. The van der Waals surface area contributed by atoms with Gasteiger partial charge < -0.3 is 9.88 Å². The summed E-state index contributed by atoms with van der Waals surface area (Å²) in [7, 11) is 0. The second-order valence-corrected chi connectivity index (χ2v) is 7.87. The van der Waals surface area contributed by atoms with Crippen molar-refractivity contribution in [2.75, 3.05) is 0 Å². The lowest BCUT2D eigenvalue weighted by Crippen LogP contribution is -2.30. The standard InChI is InChI=1S/C21H24N4OS/c1-15-9-11-18(12-10-15)13-22-20(26)16(2)27-21-24-23-17(3)25(21)14-19-7-5-4-6-8-19/h4-12,16H,13-14H2,1-3H3,(H,22,26)/t16-/m1/s1. The molecule has 1 heterocycles. The Labute approximate surface area is 164 Å². The predicted octanol–water partition coefficient (Wildman–Crippen LogP) is 3.74. The maximum Gasteiger partial charge on any atom is 0.233 e. The van der Waals surface area contributed by atoms with E-state index in [0.29, 0.717) is 13.1 Å². The molecule has 0 aliphatic rings. The van der Waals surface area contributed by atoms with Crippen LogP contribution in [-0.4, -0.2) is 25.9 Å². The summed E-state index contributed by atoms with van der Waals surface area (Å²) in [6, 6.07) is 18.4. The van der Waals surface area contributed by atoms with E-state index in [2.05, 4.69) is 46.7 Å². The van der Waals surface area contributed by atoms with Crippen molar-refractivity contribution in [1.29, 1.82) is 0 Å². The molecule has 5 nitrogen and oxygen atoms in total. The summed E-state index contributed by atoms with van der Waals surface area (Å²) in [5.74, 6) is 0.834. The number of thioether (sulfide) groups is 1. The van der Waals surface area contributed by atoms with Crippen LogP contribution in [0.2, 0.25) is 0 Å². The molecular weight excluding hydrogens is 356 g/mol. The molecule has 1 amide bonds. The van der Waals surface area contributed by atoms with Gasteiger partial charge in [0.05, 0.1) is 11.8 Å². The molecule has 1 N–H and O–H groups in total. The van der Waals surface area contributed by atoms with E-state index in [0.717, 1.165) is 16.5 Å². The molecular formula is C21H24N4OS. The van der Waals surface area contributed by atoms with Crippen molar-refractivity contribution in [3.63, 3.8) is 0 Å². The molecule has 0 unspecified atom stereocenters. The Kier molecular flexibility index (Phi) is 6.29. The van der Waals surface area contributed by atoms with Crippen molar-refractivity contribution in [3.8, 4) is 0 Å². The Balaban J connectivity index is 1.61. The van der Waals surface area contributed by atoms with E-state index in [1.54, 1.807) is 0 Å². The van der Waals surface area contributed by atoms with E-state index in [1.807, 2.05) is 48.7 Å². The third kappa shape index (κ3) is 5.20. The maximum absolute atomic E-state index is 12.5. The lowest BCUT2D eigenvalue weighted by atomic mass is 10.1. The van der Waals surface area contributed by atoms with Gasteiger partial charge in [-0.2, -0.15) is 0 Å². The molecule has 1 atom stereocenters. The zero-order chi connectivity index (χ0) is 19.2. The van der Waals surface area contributed by atoms with Gasteiger partial charge >= 0.3 is 0 Å². The van der Waals surface area contributed by atoms with E-state index >= 15 is 0 Å². The largest absolute Gasteiger partial charge is 0.351 e. The van der Waals surface area contributed by atoms with Crippen molar-refractivity contribution >= 4 is 17.7 Å². The zero-order valence-corrected chi connectivity index (χ0v) is 16.7.